The summed E-state index contributed by atoms with van der Waals surface area (Å²) in [5.74, 6) is 4.85. The highest BCUT2D eigenvalue weighted by Gasteiger charge is 2.05. The summed E-state index contributed by atoms with van der Waals surface area (Å²) in [4.78, 5) is 11.4. The Bertz CT molecular complexity index is 629. The number of carbonyl (C=O) groups is 1. The predicted molar refractivity (Wildman–Crippen MR) is 73.6 cm³/mol. The van der Waals surface area contributed by atoms with Gasteiger partial charge in [0.2, 0.25) is 0 Å². The molecule has 0 atom stereocenters. The smallest absolute Gasteiger partial charge is 0.265 e. The van der Waals surface area contributed by atoms with E-state index in [1.54, 1.807) is 37.3 Å². The molecule has 0 heterocycles. The number of ether oxygens (including phenoxy) is 1. The number of aryl methyl sites for hydroxylation is 1. The molecule has 0 aliphatic carbocycles. The van der Waals surface area contributed by atoms with Crippen molar-refractivity contribution in [1.82, 2.24) is 5.43 Å². The van der Waals surface area contributed by atoms with E-state index in [1.807, 2.05) is 6.07 Å². The van der Waals surface area contributed by atoms with Gasteiger partial charge in [0, 0.05) is 11.6 Å². The van der Waals surface area contributed by atoms with Crippen molar-refractivity contribution < 1.29 is 13.9 Å². The Morgan fingerprint density at radius 3 is 2.80 bits per heavy atom. The summed E-state index contributed by atoms with van der Waals surface area (Å²) in [7, 11) is 0. The first-order valence-electron chi connectivity index (χ1n) is 6.09. The first-order valence-corrected chi connectivity index (χ1v) is 6.09. The molecule has 2 aromatic carbocycles. The lowest BCUT2D eigenvalue weighted by Gasteiger charge is -2.08. The van der Waals surface area contributed by atoms with Crippen LogP contribution >= 0.6 is 0 Å². The monoisotopic (exact) mass is 274 g/mol. The first-order chi connectivity index (χ1) is 9.60. The van der Waals surface area contributed by atoms with E-state index in [-0.39, 0.29) is 18.3 Å². The zero-order chi connectivity index (χ0) is 14.5. The fraction of sp³-hybridized carbons (Fsp3) is 0.133. The molecule has 2 rings (SSSR count). The first kappa shape index (κ1) is 14.0. The topological polar surface area (TPSA) is 64.3 Å². The van der Waals surface area contributed by atoms with Crippen molar-refractivity contribution in [3.8, 4) is 5.75 Å². The molecule has 0 radical (unpaired) electrons. The second kappa shape index (κ2) is 6.16. The van der Waals surface area contributed by atoms with Crippen molar-refractivity contribution in [3.05, 3.63) is 65.0 Å². The maximum atomic E-state index is 13.4. The molecular formula is C15H15FN2O2. The number of nitrogen functional groups attached to an aromatic ring is 1. The second-order valence-electron chi connectivity index (χ2n) is 4.37. The lowest BCUT2D eigenvalue weighted by molar-refractivity contribution is 0.0953. The summed E-state index contributed by atoms with van der Waals surface area (Å²) < 4.78 is 18.9. The van der Waals surface area contributed by atoms with Crippen LogP contribution < -0.4 is 16.0 Å². The molecule has 0 fully saturated rings. The highest BCUT2D eigenvalue weighted by atomic mass is 19.1. The van der Waals surface area contributed by atoms with E-state index in [9.17, 15) is 9.18 Å². The van der Waals surface area contributed by atoms with Gasteiger partial charge in [-0.25, -0.2) is 10.2 Å². The van der Waals surface area contributed by atoms with Gasteiger partial charge in [-0.2, -0.15) is 0 Å². The molecule has 20 heavy (non-hydrogen) atoms. The van der Waals surface area contributed by atoms with Gasteiger partial charge in [-0.15, -0.1) is 0 Å². The maximum absolute atomic E-state index is 13.4. The number of amides is 1. The van der Waals surface area contributed by atoms with Crippen LogP contribution in [0.3, 0.4) is 0 Å². The van der Waals surface area contributed by atoms with Crippen LogP contribution in [0, 0.1) is 12.7 Å². The molecule has 0 saturated heterocycles. The van der Waals surface area contributed by atoms with E-state index in [1.165, 1.54) is 6.07 Å². The van der Waals surface area contributed by atoms with E-state index in [2.05, 4.69) is 5.43 Å². The molecule has 0 saturated carbocycles. The molecule has 3 N–H and O–H groups in total. The number of nitrogens with one attached hydrogen (secondary N) is 1. The van der Waals surface area contributed by atoms with Crippen LogP contribution in [0.2, 0.25) is 0 Å². The van der Waals surface area contributed by atoms with Crippen molar-refractivity contribution in [2.45, 2.75) is 13.5 Å². The zero-order valence-corrected chi connectivity index (χ0v) is 11.0. The Morgan fingerprint density at radius 1 is 1.30 bits per heavy atom. The third-order valence-electron chi connectivity index (χ3n) is 2.87. The van der Waals surface area contributed by atoms with Gasteiger partial charge in [-0.05, 0) is 36.2 Å². The molecule has 0 aliphatic heterocycles. The SMILES string of the molecule is Cc1ccc(OCc2cccc(C(=O)NN)c2)cc1F. The standard InChI is InChI=1S/C15H15FN2O2/c1-10-5-6-13(8-14(10)16)20-9-11-3-2-4-12(7-11)15(19)18-17/h2-8H,9,17H2,1H3,(H,18,19). The van der Waals surface area contributed by atoms with E-state index < -0.39 is 0 Å². The molecule has 0 unspecified atom stereocenters. The van der Waals surface area contributed by atoms with Crippen LogP contribution in [0.15, 0.2) is 42.5 Å². The van der Waals surface area contributed by atoms with Crippen molar-refractivity contribution in [2.75, 3.05) is 0 Å². The van der Waals surface area contributed by atoms with Crippen molar-refractivity contribution in [2.24, 2.45) is 5.84 Å². The lowest BCUT2D eigenvalue weighted by Crippen LogP contribution is -2.30. The number of benzene rings is 2. The van der Waals surface area contributed by atoms with E-state index in [4.69, 9.17) is 10.6 Å². The molecule has 5 heteroatoms. The fourth-order valence-electron chi connectivity index (χ4n) is 1.72. The van der Waals surface area contributed by atoms with Crippen molar-refractivity contribution in [1.29, 1.82) is 0 Å². The second-order valence-corrected chi connectivity index (χ2v) is 4.37. The van der Waals surface area contributed by atoms with Crippen LogP contribution in [0.5, 0.6) is 5.75 Å². The average molecular weight is 274 g/mol. The Balaban J connectivity index is 2.07. The summed E-state index contributed by atoms with van der Waals surface area (Å²) in [5, 5.41) is 0. The molecular weight excluding hydrogens is 259 g/mol. The largest absolute Gasteiger partial charge is 0.489 e. The number of hydrogen-bond acceptors (Lipinski definition) is 3. The van der Waals surface area contributed by atoms with Gasteiger partial charge in [0.1, 0.15) is 18.2 Å². The summed E-state index contributed by atoms with van der Waals surface area (Å²) >= 11 is 0. The summed E-state index contributed by atoms with van der Waals surface area (Å²) in [5.41, 5.74) is 3.88. The molecule has 104 valence electrons. The molecule has 4 nitrogen and oxygen atoms in total. The number of halogens is 1. The minimum atomic E-state index is -0.367. The third-order valence-corrected chi connectivity index (χ3v) is 2.87. The van der Waals surface area contributed by atoms with Gasteiger partial charge in [-0.1, -0.05) is 18.2 Å². The maximum Gasteiger partial charge on any atom is 0.265 e. The van der Waals surface area contributed by atoms with Crippen LogP contribution in [0.25, 0.3) is 0 Å². The van der Waals surface area contributed by atoms with Gasteiger partial charge in [0.25, 0.3) is 5.91 Å². The summed E-state index contributed by atoms with van der Waals surface area (Å²) in [6.45, 7) is 1.93. The number of nitrogens with two attached hydrogens (primary N) is 1. The van der Waals surface area contributed by atoms with E-state index in [0.717, 1.165) is 5.56 Å². The Hall–Kier alpha value is -2.40. The third kappa shape index (κ3) is 3.33. The molecule has 0 aliphatic rings. The lowest BCUT2D eigenvalue weighted by atomic mass is 10.1. The molecule has 2 aromatic rings. The normalized spacial score (nSPS) is 10.2. The van der Waals surface area contributed by atoms with Crippen molar-refractivity contribution >= 4 is 5.91 Å². The quantitative estimate of drug-likeness (QED) is 0.511. The van der Waals surface area contributed by atoms with Crippen LogP contribution in [-0.4, -0.2) is 5.91 Å². The molecule has 1 amide bonds. The highest BCUT2D eigenvalue weighted by Crippen LogP contribution is 2.17. The van der Waals surface area contributed by atoms with Crippen LogP contribution in [0.4, 0.5) is 4.39 Å². The highest BCUT2D eigenvalue weighted by molar-refractivity contribution is 5.93. The number of hydrazine groups is 1. The Kier molecular flexibility index (Phi) is 4.32. The number of rotatable bonds is 4. The van der Waals surface area contributed by atoms with Crippen molar-refractivity contribution in [3.63, 3.8) is 0 Å². The zero-order valence-electron chi connectivity index (χ0n) is 11.0. The molecule has 0 spiro atoms. The fourth-order valence-corrected chi connectivity index (χ4v) is 1.72. The Morgan fingerprint density at radius 2 is 2.10 bits per heavy atom. The van der Waals surface area contributed by atoms with E-state index in [0.29, 0.717) is 16.9 Å². The minimum Gasteiger partial charge on any atom is -0.489 e. The molecule has 0 bridgehead atoms. The number of hydrogen-bond donors (Lipinski definition) is 2. The summed E-state index contributed by atoms with van der Waals surface area (Å²) in [6.07, 6.45) is 0. The average Bonchev–Trinajstić information content (AvgIpc) is 2.48. The minimum absolute atomic E-state index is 0.244. The van der Waals surface area contributed by atoms with Crippen LogP contribution in [-0.2, 0) is 6.61 Å². The van der Waals surface area contributed by atoms with Gasteiger partial charge >= 0.3 is 0 Å². The Labute approximate surface area is 116 Å². The summed E-state index contributed by atoms with van der Waals surface area (Å²) in [6, 6.07) is 11.6. The van der Waals surface area contributed by atoms with Gasteiger partial charge < -0.3 is 4.74 Å². The van der Waals surface area contributed by atoms with Gasteiger partial charge in [0.05, 0.1) is 0 Å². The predicted octanol–water partition coefficient (Wildman–Crippen LogP) is 2.32. The van der Waals surface area contributed by atoms with Crippen LogP contribution in [0.1, 0.15) is 21.5 Å². The van der Waals surface area contributed by atoms with Gasteiger partial charge in [-0.3, -0.25) is 10.2 Å². The molecule has 0 aromatic heterocycles. The van der Waals surface area contributed by atoms with Gasteiger partial charge in [0.15, 0.2) is 0 Å². The van der Waals surface area contributed by atoms with E-state index >= 15 is 0 Å². The number of carbonyl (C=O) groups excluding carboxylic acids is 1.